The lowest BCUT2D eigenvalue weighted by Gasteiger charge is -2.34. The van der Waals surface area contributed by atoms with Crippen LogP contribution in [-0.4, -0.2) is 46.4 Å². The van der Waals surface area contributed by atoms with Crippen LogP contribution in [0.15, 0.2) is 79.3 Å². The quantitative estimate of drug-likeness (QED) is 0.514. The lowest BCUT2D eigenvalue weighted by atomic mass is 9.93. The molecule has 4 aromatic rings. The van der Waals surface area contributed by atoms with E-state index in [1.807, 2.05) is 61.1 Å². The molecular formula is C25H23FN4O. The molecule has 6 heteroatoms. The van der Waals surface area contributed by atoms with Crippen molar-refractivity contribution in [3.8, 4) is 22.4 Å². The molecule has 5 rings (SSSR count). The lowest BCUT2D eigenvalue weighted by Crippen LogP contribution is -2.39. The third-order valence-electron chi connectivity index (χ3n) is 5.68. The number of hydrogen-bond acceptors (Lipinski definition) is 4. The van der Waals surface area contributed by atoms with Gasteiger partial charge in [-0.25, -0.2) is 4.39 Å². The zero-order chi connectivity index (χ0) is 21.0. The molecule has 1 N–H and O–H groups in total. The summed E-state index contributed by atoms with van der Waals surface area (Å²) >= 11 is 0. The van der Waals surface area contributed by atoms with E-state index in [0.29, 0.717) is 18.8 Å². The number of nitrogens with one attached hydrogen (secondary N) is 1. The number of halogens is 1. The van der Waals surface area contributed by atoms with Gasteiger partial charge in [0.15, 0.2) is 0 Å². The highest BCUT2D eigenvalue weighted by atomic mass is 19.1. The highest BCUT2D eigenvalue weighted by molar-refractivity contribution is 5.81. The second kappa shape index (κ2) is 8.79. The summed E-state index contributed by atoms with van der Waals surface area (Å²) < 4.78 is 20.4. The largest absolute Gasteiger partial charge is 0.379 e. The molecule has 0 spiro atoms. The highest BCUT2D eigenvalue weighted by Gasteiger charge is 2.27. The zero-order valence-corrected chi connectivity index (χ0v) is 17.0. The van der Waals surface area contributed by atoms with Crippen LogP contribution in [0.1, 0.15) is 17.2 Å². The van der Waals surface area contributed by atoms with E-state index in [1.165, 1.54) is 6.07 Å². The van der Waals surface area contributed by atoms with Crippen LogP contribution in [0.3, 0.4) is 0 Å². The summed E-state index contributed by atoms with van der Waals surface area (Å²) in [6.45, 7) is 2.99. The summed E-state index contributed by atoms with van der Waals surface area (Å²) in [6, 6.07) is 18.8. The van der Waals surface area contributed by atoms with Gasteiger partial charge in [-0.05, 0) is 17.7 Å². The van der Waals surface area contributed by atoms with Crippen molar-refractivity contribution in [1.82, 2.24) is 20.1 Å². The van der Waals surface area contributed by atoms with E-state index in [1.54, 1.807) is 6.07 Å². The molecule has 1 fully saturated rings. The number of ether oxygens (including phenoxy) is 1. The van der Waals surface area contributed by atoms with Crippen LogP contribution in [0, 0.1) is 5.82 Å². The Balaban J connectivity index is 1.67. The van der Waals surface area contributed by atoms with Gasteiger partial charge in [0.2, 0.25) is 0 Å². The van der Waals surface area contributed by atoms with Gasteiger partial charge >= 0.3 is 0 Å². The first kappa shape index (κ1) is 19.6. The van der Waals surface area contributed by atoms with Crippen LogP contribution >= 0.6 is 0 Å². The second-order valence-electron chi connectivity index (χ2n) is 7.59. The summed E-state index contributed by atoms with van der Waals surface area (Å²) in [5, 5.41) is 7.08. The van der Waals surface area contributed by atoms with E-state index in [4.69, 9.17) is 9.72 Å². The van der Waals surface area contributed by atoms with Gasteiger partial charge in [-0.2, -0.15) is 5.10 Å². The van der Waals surface area contributed by atoms with E-state index in [9.17, 15) is 4.39 Å². The number of pyridine rings is 1. The van der Waals surface area contributed by atoms with Gasteiger partial charge in [0.05, 0.1) is 31.1 Å². The Morgan fingerprint density at radius 2 is 1.68 bits per heavy atom. The number of H-pyrrole nitrogens is 1. The molecule has 1 atom stereocenters. The van der Waals surface area contributed by atoms with E-state index >= 15 is 0 Å². The third kappa shape index (κ3) is 4.00. The maximum atomic E-state index is 14.9. The minimum Gasteiger partial charge on any atom is -0.379 e. The zero-order valence-electron chi connectivity index (χ0n) is 17.0. The first-order valence-electron chi connectivity index (χ1n) is 10.4. The Morgan fingerprint density at radius 1 is 0.903 bits per heavy atom. The van der Waals surface area contributed by atoms with Crippen LogP contribution in [-0.2, 0) is 4.74 Å². The van der Waals surface area contributed by atoms with Crippen molar-refractivity contribution in [2.45, 2.75) is 6.04 Å². The Morgan fingerprint density at radius 3 is 2.42 bits per heavy atom. The number of benzene rings is 2. The maximum absolute atomic E-state index is 14.9. The van der Waals surface area contributed by atoms with Gasteiger partial charge in [0.1, 0.15) is 5.82 Å². The van der Waals surface area contributed by atoms with Crippen molar-refractivity contribution in [3.63, 3.8) is 0 Å². The minimum absolute atomic E-state index is 0.0366. The number of rotatable bonds is 5. The van der Waals surface area contributed by atoms with Crippen molar-refractivity contribution in [2.24, 2.45) is 0 Å². The summed E-state index contributed by atoms with van der Waals surface area (Å²) in [6.07, 6.45) is 5.65. The molecule has 1 aliphatic heterocycles. The van der Waals surface area contributed by atoms with Crippen molar-refractivity contribution >= 4 is 0 Å². The predicted octanol–water partition coefficient (Wildman–Crippen LogP) is 4.70. The lowest BCUT2D eigenvalue weighted by molar-refractivity contribution is 0.0239. The van der Waals surface area contributed by atoms with E-state index in [2.05, 4.69) is 21.2 Å². The van der Waals surface area contributed by atoms with Gasteiger partial charge in [-0.3, -0.25) is 15.0 Å². The Bertz CT molecular complexity index is 1140. The predicted molar refractivity (Wildman–Crippen MR) is 118 cm³/mol. The van der Waals surface area contributed by atoms with Crippen LogP contribution in [0.4, 0.5) is 4.39 Å². The molecule has 0 saturated carbocycles. The Labute approximate surface area is 180 Å². The van der Waals surface area contributed by atoms with Gasteiger partial charge in [0, 0.05) is 47.7 Å². The smallest absolute Gasteiger partial charge is 0.131 e. The van der Waals surface area contributed by atoms with Crippen molar-refractivity contribution in [2.75, 3.05) is 26.3 Å². The standard InChI is InChI=1S/C25H23FN4O/c26-23-9-5-4-8-21(23)22-14-19(15-27-24(22)18-6-2-1-3-7-18)25(20-16-28-29-17-20)30-10-12-31-13-11-30/h1-9,14-17,25H,10-13H2,(H,28,29). The van der Waals surface area contributed by atoms with Gasteiger partial charge in [-0.15, -0.1) is 0 Å². The van der Waals surface area contributed by atoms with Gasteiger partial charge in [-0.1, -0.05) is 48.5 Å². The number of aromatic nitrogens is 3. The first-order valence-corrected chi connectivity index (χ1v) is 10.4. The Hall–Kier alpha value is -3.35. The van der Waals surface area contributed by atoms with Crippen molar-refractivity contribution < 1.29 is 9.13 Å². The average Bonchev–Trinajstić information content (AvgIpc) is 3.35. The fourth-order valence-electron chi connectivity index (χ4n) is 4.20. The maximum Gasteiger partial charge on any atom is 0.131 e. The Kier molecular flexibility index (Phi) is 5.56. The highest BCUT2D eigenvalue weighted by Crippen LogP contribution is 2.36. The van der Waals surface area contributed by atoms with Crippen LogP contribution < -0.4 is 0 Å². The summed E-state index contributed by atoms with van der Waals surface area (Å²) in [5.74, 6) is -0.259. The van der Waals surface area contributed by atoms with Crippen LogP contribution in [0.2, 0.25) is 0 Å². The number of aromatic amines is 1. The number of hydrogen-bond donors (Lipinski definition) is 1. The molecule has 5 nitrogen and oxygen atoms in total. The molecule has 0 aliphatic carbocycles. The average molecular weight is 414 g/mol. The fraction of sp³-hybridized carbons (Fsp3) is 0.200. The molecule has 2 aromatic heterocycles. The second-order valence-corrected chi connectivity index (χ2v) is 7.59. The molecule has 156 valence electrons. The van der Waals surface area contributed by atoms with E-state index in [-0.39, 0.29) is 11.9 Å². The summed E-state index contributed by atoms with van der Waals surface area (Å²) in [4.78, 5) is 7.20. The molecule has 1 saturated heterocycles. The van der Waals surface area contributed by atoms with Crippen molar-refractivity contribution in [1.29, 1.82) is 0 Å². The number of nitrogens with zero attached hydrogens (tertiary/aromatic N) is 3. The molecule has 0 radical (unpaired) electrons. The SMILES string of the molecule is Fc1ccccc1-c1cc(C(c2cn[nH]c2)N2CCOCC2)cnc1-c1ccccc1. The third-order valence-corrected chi connectivity index (χ3v) is 5.68. The molecule has 31 heavy (non-hydrogen) atoms. The molecule has 1 unspecified atom stereocenters. The molecular weight excluding hydrogens is 391 g/mol. The van der Waals surface area contributed by atoms with E-state index in [0.717, 1.165) is 41.0 Å². The van der Waals surface area contributed by atoms with Gasteiger partial charge in [0.25, 0.3) is 0 Å². The molecule has 2 aromatic carbocycles. The van der Waals surface area contributed by atoms with Gasteiger partial charge < -0.3 is 4.74 Å². The number of morpholine rings is 1. The van der Waals surface area contributed by atoms with Crippen LogP contribution in [0.25, 0.3) is 22.4 Å². The first-order chi connectivity index (χ1) is 15.3. The van der Waals surface area contributed by atoms with Crippen molar-refractivity contribution in [3.05, 3.63) is 96.2 Å². The van der Waals surface area contributed by atoms with E-state index < -0.39 is 0 Å². The molecule has 1 aliphatic rings. The normalized spacial score (nSPS) is 15.6. The molecule has 3 heterocycles. The summed E-state index contributed by atoms with van der Waals surface area (Å²) in [7, 11) is 0. The topological polar surface area (TPSA) is 54.0 Å². The monoisotopic (exact) mass is 414 g/mol. The fourth-order valence-corrected chi connectivity index (χ4v) is 4.20. The summed E-state index contributed by atoms with van der Waals surface area (Å²) in [5.41, 5.74) is 5.10. The minimum atomic E-state index is -0.259. The molecule has 0 bridgehead atoms. The molecule has 0 amide bonds. The van der Waals surface area contributed by atoms with Crippen LogP contribution in [0.5, 0.6) is 0 Å².